The first-order valence-corrected chi connectivity index (χ1v) is 12.0. The predicted molar refractivity (Wildman–Crippen MR) is 128 cm³/mol. The van der Waals surface area contributed by atoms with Gasteiger partial charge < -0.3 is 24.8 Å². The molecule has 2 aliphatic heterocycles. The average Bonchev–Trinajstić information content (AvgIpc) is 3.23. The van der Waals surface area contributed by atoms with E-state index in [-0.39, 0.29) is 58.7 Å². The molecule has 3 N–H and O–H groups in total. The van der Waals surface area contributed by atoms with Crippen molar-refractivity contribution in [2.24, 2.45) is 0 Å². The van der Waals surface area contributed by atoms with Crippen LogP contribution in [0.5, 0.6) is 0 Å². The number of halogens is 4. The smallest absolute Gasteiger partial charge is 0.423 e. The lowest BCUT2D eigenvalue weighted by molar-refractivity contribution is -0.205. The van der Waals surface area contributed by atoms with Crippen LogP contribution in [0, 0.1) is 12.7 Å². The fourth-order valence-electron chi connectivity index (χ4n) is 5.25. The second kappa shape index (κ2) is 8.85. The third kappa shape index (κ3) is 3.98. The van der Waals surface area contributed by atoms with Crippen molar-refractivity contribution < 1.29 is 42.1 Å². The molecule has 39 heavy (non-hydrogen) atoms. The van der Waals surface area contributed by atoms with Gasteiger partial charge in [0.1, 0.15) is 12.4 Å². The SMILES string of the molecule is CC[C@@]1(O)C(=O)OCc2c1cc1n(c2=O)Cc2c-1nc1cc(F)c(C)cc1c2[C@H](C)NC(=O)[C@@H](O)C(F)(F)F. The molecule has 206 valence electrons. The van der Waals surface area contributed by atoms with Crippen LogP contribution in [0.15, 0.2) is 23.0 Å². The van der Waals surface area contributed by atoms with Gasteiger partial charge in [0.05, 0.1) is 35.1 Å². The minimum absolute atomic E-state index is 0.0542. The number of nitrogens with zero attached hydrogens (tertiary/aromatic N) is 2. The van der Waals surface area contributed by atoms with E-state index in [1.165, 1.54) is 30.5 Å². The number of rotatable bonds is 4. The van der Waals surface area contributed by atoms with Crippen molar-refractivity contribution in [2.75, 3.05) is 0 Å². The van der Waals surface area contributed by atoms with Gasteiger partial charge >= 0.3 is 12.1 Å². The van der Waals surface area contributed by atoms with Gasteiger partial charge in [0.2, 0.25) is 6.10 Å². The first-order chi connectivity index (χ1) is 18.2. The van der Waals surface area contributed by atoms with Crippen LogP contribution in [0.4, 0.5) is 17.6 Å². The number of aliphatic hydroxyl groups is 2. The van der Waals surface area contributed by atoms with Gasteiger partial charge in [-0.15, -0.1) is 0 Å². The van der Waals surface area contributed by atoms with E-state index in [0.29, 0.717) is 10.9 Å². The Kier molecular flexibility index (Phi) is 6.07. The summed E-state index contributed by atoms with van der Waals surface area (Å²) in [6.45, 7) is 3.96. The summed E-state index contributed by atoms with van der Waals surface area (Å²) >= 11 is 0. The zero-order valence-corrected chi connectivity index (χ0v) is 20.9. The second-order valence-corrected chi connectivity index (χ2v) is 9.75. The number of aryl methyl sites for hydroxylation is 1. The molecule has 0 aliphatic carbocycles. The van der Waals surface area contributed by atoms with Gasteiger partial charge in [0, 0.05) is 22.6 Å². The lowest BCUT2D eigenvalue weighted by Crippen LogP contribution is -2.45. The summed E-state index contributed by atoms with van der Waals surface area (Å²) < 4.78 is 59.8. The lowest BCUT2D eigenvalue weighted by atomic mass is 9.86. The summed E-state index contributed by atoms with van der Waals surface area (Å²) in [7, 11) is 0. The van der Waals surface area contributed by atoms with Crippen molar-refractivity contribution in [3.63, 3.8) is 0 Å². The topological polar surface area (TPSA) is 131 Å². The highest BCUT2D eigenvalue weighted by Crippen LogP contribution is 2.42. The molecule has 9 nitrogen and oxygen atoms in total. The molecule has 1 amide bonds. The minimum Gasteiger partial charge on any atom is -0.458 e. The van der Waals surface area contributed by atoms with Crippen molar-refractivity contribution in [2.45, 2.75) is 64.3 Å². The standard InChI is InChI=1S/C26H23F4N3O6/c1-4-25(38)15-6-18-20-13(8-33(18)23(36)14(15)9-39-24(25)37)19(11(3)31-22(35)21(34)26(28,29)30)12-5-10(2)16(27)7-17(12)32-20/h5-7,11,21,34,38H,4,8-9H2,1-3H3,(H,31,35)/t11-,21+,25-/m0/s1. The van der Waals surface area contributed by atoms with Crippen molar-refractivity contribution in [1.82, 2.24) is 14.9 Å². The highest BCUT2D eigenvalue weighted by molar-refractivity contribution is 5.91. The Morgan fingerprint density at radius 2 is 1.95 bits per heavy atom. The van der Waals surface area contributed by atoms with E-state index in [1.54, 1.807) is 6.92 Å². The molecular weight excluding hydrogens is 526 g/mol. The molecule has 2 aliphatic rings. The zero-order valence-electron chi connectivity index (χ0n) is 20.9. The van der Waals surface area contributed by atoms with E-state index < -0.39 is 47.2 Å². The molecule has 0 saturated carbocycles. The molecular formula is C26H23F4N3O6. The van der Waals surface area contributed by atoms with E-state index in [9.17, 15) is 42.2 Å². The number of carbonyl (C=O) groups is 2. The molecule has 0 unspecified atom stereocenters. The number of carbonyl (C=O) groups excluding carboxylic acids is 2. The third-order valence-electron chi connectivity index (χ3n) is 7.36. The van der Waals surface area contributed by atoms with Crippen LogP contribution in [0.1, 0.15) is 54.1 Å². The number of esters is 1. The number of cyclic esters (lactones) is 1. The van der Waals surface area contributed by atoms with Gasteiger partial charge in [-0.25, -0.2) is 14.2 Å². The number of benzene rings is 1. The Bertz CT molecular complexity index is 1630. The molecule has 0 spiro atoms. The number of alkyl halides is 3. The molecule has 0 radical (unpaired) electrons. The van der Waals surface area contributed by atoms with E-state index in [0.717, 1.165) is 6.07 Å². The number of nitrogens with one attached hydrogen (secondary N) is 1. The van der Waals surface area contributed by atoms with Gasteiger partial charge in [-0.1, -0.05) is 6.92 Å². The fourth-order valence-corrected chi connectivity index (χ4v) is 5.25. The summed E-state index contributed by atoms with van der Waals surface area (Å²) in [5.41, 5.74) is -1.18. The number of aliphatic hydroxyl groups excluding tert-OH is 1. The van der Waals surface area contributed by atoms with Crippen molar-refractivity contribution in [3.8, 4) is 11.4 Å². The minimum atomic E-state index is -5.19. The Labute approximate surface area is 218 Å². The van der Waals surface area contributed by atoms with E-state index in [4.69, 9.17) is 4.74 Å². The molecule has 13 heteroatoms. The predicted octanol–water partition coefficient (Wildman–Crippen LogP) is 2.63. The largest absolute Gasteiger partial charge is 0.458 e. The number of pyridine rings is 2. The summed E-state index contributed by atoms with van der Waals surface area (Å²) in [6.07, 6.45) is -8.54. The number of hydrogen-bond donors (Lipinski definition) is 3. The number of fused-ring (bicyclic) bond motifs is 5. The molecule has 0 saturated heterocycles. The van der Waals surface area contributed by atoms with Crippen LogP contribution < -0.4 is 10.9 Å². The molecule has 5 rings (SSSR count). The normalized spacial score (nSPS) is 19.7. The number of ether oxygens (including phenoxy) is 1. The quantitative estimate of drug-likeness (QED) is 0.264. The molecule has 0 fully saturated rings. The van der Waals surface area contributed by atoms with E-state index in [2.05, 4.69) is 10.3 Å². The van der Waals surface area contributed by atoms with Crippen LogP contribution >= 0.6 is 0 Å². The maximum atomic E-state index is 14.5. The Morgan fingerprint density at radius 1 is 1.26 bits per heavy atom. The maximum Gasteiger partial charge on any atom is 0.423 e. The fraction of sp³-hybridized carbons (Fsp3) is 0.385. The molecule has 4 heterocycles. The summed E-state index contributed by atoms with van der Waals surface area (Å²) in [4.78, 5) is 42.7. The maximum absolute atomic E-state index is 14.5. The second-order valence-electron chi connectivity index (χ2n) is 9.75. The first-order valence-electron chi connectivity index (χ1n) is 12.0. The Balaban J connectivity index is 1.74. The summed E-state index contributed by atoms with van der Waals surface area (Å²) in [5, 5.41) is 23.0. The molecule has 1 aromatic carbocycles. The van der Waals surface area contributed by atoms with E-state index in [1.807, 2.05) is 0 Å². The van der Waals surface area contributed by atoms with Gasteiger partial charge in [-0.05, 0) is 43.5 Å². The molecule has 0 bridgehead atoms. The highest BCUT2D eigenvalue weighted by Gasteiger charge is 2.46. The molecule has 2 aromatic heterocycles. The molecule has 3 atom stereocenters. The van der Waals surface area contributed by atoms with Crippen LogP contribution in [-0.2, 0) is 33.1 Å². The summed E-state index contributed by atoms with van der Waals surface area (Å²) in [5.74, 6) is -3.20. The Hall–Kier alpha value is -3.84. The third-order valence-corrected chi connectivity index (χ3v) is 7.36. The number of amides is 1. The Morgan fingerprint density at radius 3 is 2.59 bits per heavy atom. The van der Waals surface area contributed by atoms with Gasteiger partial charge in [0.25, 0.3) is 11.5 Å². The molecule has 3 aromatic rings. The average molecular weight is 549 g/mol. The van der Waals surface area contributed by atoms with Crippen molar-refractivity contribution in [1.29, 1.82) is 0 Å². The number of aromatic nitrogens is 2. The van der Waals surface area contributed by atoms with Crippen LogP contribution in [0.2, 0.25) is 0 Å². The van der Waals surface area contributed by atoms with Crippen molar-refractivity contribution >= 4 is 22.8 Å². The van der Waals surface area contributed by atoms with Crippen LogP contribution in [0.3, 0.4) is 0 Å². The van der Waals surface area contributed by atoms with Crippen LogP contribution in [-0.4, -0.2) is 43.9 Å². The van der Waals surface area contributed by atoms with Crippen molar-refractivity contribution in [3.05, 3.63) is 62.2 Å². The lowest BCUT2D eigenvalue weighted by Gasteiger charge is -2.31. The zero-order chi connectivity index (χ0) is 28.6. The van der Waals surface area contributed by atoms with Gasteiger partial charge in [0.15, 0.2) is 5.60 Å². The highest BCUT2D eigenvalue weighted by atomic mass is 19.4. The monoisotopic (exact) mass is 549 g/mol. The van der Waals surface area contributed by atoms with Gasteiger partial charge in [-0.3, -0.25) is 9.59 Å². The van der Waals surface area contributed by atoms with Crippen LogP contribution in [0.25, 0.3) is 22.3 Å². The van der Waals surface area contributed by atoms with Gasteiger partial charge in [-0.2, -0.15) is 13.2 Å². The first kappa shape index (κ1) is 26.8. The number of hydrogen-bond acceptors (Lipinski definition) is 7. The van der Waals surface area contributed by atoms with E-state index >= 15 is 0 Å². The summed E-state index contributed by atoms with van der Waals surface area (Å²) in [6, 6.07) is 2.88.